The summed E-state index contributed by atoms with van der Waals surface area (Å²) in [5.74, 6) is 0. The Labute approximate surface area is 293 Å². The highest BCUT2D eigenvalue weighted by Gasteiger charge is 2.17. The van der Waals surface area contributed by atoms with Crippen LogP contribution in [0.1, 0.15) is 0 Å². The minimum Gasteiger partial charge on any atom is -0.454 e. The SMILES string of the molecule is c1ccc(-n2c3ccccc3c3cc(-c4ccc5c(c4)c4ccccc4n5-c4cccc(-c5ccc6oc7cccnc7c6c5)c4)ccc32)cc1. The number of pyridine rings is 1. The molecule has 0 bridgehead atoms. The molecule has 51 heavy (non-hydrogen) atoms. The van der Waals surface area contributed by atoms with Gasteiger partial charge in [-0.25, -0.2) is 0 Å². The molecule has 0 spiro atoms. The van der Waals surface area contributed by atoms with Gasteiger partial charge in [-0.05, 0) is 107 Å². The van der Waals surface area contributed by atoms with Crippen LogP contribution in [0, 0.1) is 0 Å². The Kier molecular flexibility index (Phi) is 5.92. The van der Waals surface area contributed by atoms with Gasteiger partial charge in [-0.3, -0.25) is 4.98 Å². The van der Waals surface area contributed by atoms with Crippen LogP contribution in [0.3, 0.4) is 0 Å². The van der Waals surface area contributed by atoms with Crippen LogP contribution in [-0.4, -0.2) is 14.1 Å². The third kappa shape index (κ3) is 4.23. The topological polar surface area (TPSA) is 35.9 Å². The number of fused-ring (bicyclic) bond motifs is 9. The van der Waals surface area contributed by atoms with Crippen molar-refractivity contribution in [3.63, 3.8) is 0 Å². The predicted molar refractivity (Wildman–Crippen MR) is 211 cm³/mol. The molecule has 4 heteroatoms. The zero-order chi connectivity index (χ0) is 33.5. The molecule has 0 amide bonds. The van der Waals surface area contributed by atoms with E-state index in [0.29, 0.717) is 0 Å². The summed E-state index contributed by atoms with van der Waals surface area (Å²) >= 11 is 0. The molecule has 0 saturated carbocycles. The van der Waals surface area contributed by atoms with Crippen LogP contribution >= 0.6 is 0 Å². The Morgan fingerprint density at radius 2 is 0.902 bits per heavy atom. The van der Waals surface area contributed by atoms with Crippen LogP contribution in [0.4, 0.5) is 0 Å². The fourth-order valence-corrected chi connectivity index (χ4v) is 8.04. The van der Waals surface area contributed by atoms with E-state index in [9.17, 15) is 0 Å². The van der Waals surface area contributed by atoms with E-state index in [2.05, 4.69) is 172 Å². The van der Waals surface area contributed by atoms with Gasteiger partial charge in [0.1, 0.15) is 11.1 Å². The molecule has 0 radical (unpaired) electrons. The number of hydrogen-bond donors (Lipinski definition) is 0. The zero-order valence-corrected chi connectivity index (χ0v) is 27.5. The second-order valence-corrected chi connectivity index (χ2v) is 13.2. The average Bonchev–Trinajstić information content (AvgIpc) is 3.85. The van der Waals surface area contributed by atoms with Crippen LogP contribution in [-0.2, 0) is 0 Å². The average molecular weight is 652 g/mol. The minimum atomic E-state index is 0.807. The Hall–Kier alpha value is -6.91. The largest absolute Gasteiger partial charge is 0.454 e. The summed E-state index contributed by atoms with van der Waals surface area (Å²) in [7, 11) is 0. The van der Waals surface area contributed by atoms with Crippen molar-refractivity contribution in [3.05, 3.63) is 176 Å². The molecule has 4 nitrogen and oxygen atoms in total. The minimum absolute atomic E-state index is 0.807. The summed E-state index contributed by atoms with van der Waals surface area (Å²) in [6.07, 6.45) is 1.82. The van der Waals surface area contributed by atoms with Crippen molar-refractivity contribution in [2.75, 3.05) is 0 Å². The maximum absolute atomic E-state index is 6.06. The summed E-state index contributed by atoms with van der Waals surface area (Å²) in [5.41, 5.74) is 14.3. The third-order valence-corrected chi connectivity index (χ3v) is 10.4. The number of nitrogens with zero attached hydrogens (tertiary/aromatic N) is 3. The summed E-state index contributed by atoms with van der Waals surface area (Å²) in [6, 6.07) is 61.0. The molecule has 0 unspecified atom stereocenters. The van der Waals surface area contributed by atoms with Gasteiger partial charge in [0.05, 0.1) is 22.1 Å². The molecular formula is C47H29N3O. The van der Waals surface area contributed by atoms with Crippen LogP contribution in [0.25, 0.3) is 99.3 Å². The number of para-hydroxylation sites is 3. The first kappa shape index (κ1) is 28.0. The van der Waals surface area contributed by atoms with E-state index in [4.69, 9.17) is 4.42 Å². The second-order valence-electron chi connectivity index (χ2n) is 13.2. The van der Waals surface area contributed by atoms with Crippen LogP contribution in [0.2, 0.25) is 0 Å². The van der Waals surface area contributed by atoms with E-state index < -0.39 is 0 Å². The van der Waals surface area contributed by atoms with E-state index in [0.717, 1.165) is 38.9 Å². The van der Waals surface area contributed by atoms with Crippen molar-refractivity contribution < 1.29 is 4.42 Å². The highest BCUT2D eigenvalue weighted by atomic mass is 16.3. The third-order valence-electron chi connectivity index (χ3n) is 10.4. The van der Waals surface area contributed by atoms with Crippen molar-refractivity contribution in [2.24, 2.45) is 0 Å². The quantitative estimate of drug-likeness (QED) is 0.190. The van der Waals surface area contributed by atoms with E-state index >= 15 is 0 Å². The molecule has 7 aromatic carbocycles. The molecular weight excluding hydrogens is 623 g/mol. The smallest absolute Gasteiger partial charge is 0.153 e. The van der Waals surface area contributed by atoms with Crippen molar-refractivity contribution in [1.82, 2.24) is 14.1 Å². The molecule has 238 valence electrons. The lowest BCUT2D eigenvalue weighted by atomic mass is 10.0. The highest BCUT2D eigenvalue weighted by molar-refractivity contribution is 6.13. The standard InChI is InChI=1S/C47H29N3O/c1-2-11-34(12-3-1)49-41-16-6-4-14-36(41)38-27-31(19-22-43(38)49)32-20-23-44-39(28-32)37-15-5-7-17-42(37)50(44)35-13-8-10-30(26-35)33-21-24-45-40(29-33)47-46(51-45)18-9-25-48-47/h1-29H. The Bertz CT molecular complexity index is 3140. The molecule has 0 aliphatic heterocycles. The molecule has 0 atom stereocenters. The number of rotatable bonds is 4. The van der Waals surface area contributed by atoms with E-state index in [1.165, 1.54) is 60.4 Å². The fourth-order valence-electron chi connectivity index (χ4n) is 8.04. The molecule has 0 fully saturated rings. The first-order chi connectivity index (χ1) is 25.3. The Morgan fingerprint density at radius 1 is 0.353 bits per heavy atom. The van der Waals surface area contributed by atoms with Crippen molar-refractivity contribution in [3.8, 4) is 33.6 Å². The van der Waals surface area contributed by atoms with Gasteiger partial charge in [-0.15, -0.1) is 0 Å². The van der Waals surface area contributed by atoms with Gasteiger partial charge in [0, 0.05) is 44.5 Å². The van der Waals surface area contributed by atoms with Crippen molar-refractivity contribution >= 4 is 65.7 Å². The maximum Gasteiger partial charge on any atom is 0.153 e. The summed E-state index contributed by atoms with van der Waals surface area (Å²) in [5, 5.41) is 6.01. The van der Waals surface area contributed by atoms with Gasteiger partial charge in [0.2, 0.25) is 0 Å². The lowest BCUT2D eigenvalue weighted by Crippen LogP contribution is -1.94. The van der Waals surface area contributed by atoms with E-state index in [-0.39, 0.29) is 0 Å². The monoisotopic (exact) mass is 651 g/mol. The van der Waals surface area contributed by atoms with Crippen LogP contribution in [0.15, 0.2) is 180 Å². The van der Waals surface area contributed by atoms with Crippen molar-refractivity contribution in [2.45, 2.75) is 0 Å². The Balaban J connectivity index is 1.06. The van der Waals surface area contributed by atoms with Gasteiger partial charge in [-0.1, -0.05) is 84.9 Å². The van der Waals surface area contributed by atoms with Crippen molar-refractivity contribution in [1.29, 1.82) is 0 Å². The van der Waals surface area contributed by atoms with Gasteiger partial charge < -0.3 is 13.6 Å². The predicted octanol–water partition coefficient (Wildman–Crippen LogP) is 12.5. The van der Waals surface area contributed by atoms with Gasteiger partial charge in [-0.2, -0.15) is 0 Å². The van der Waals surface area contributed by atoms with Gasteiger partial charge in [0.25, 0.3) is 0 Å². The lowest BCUT2D eigenvalue weighted by molar-refractivity contribution is 0.668. The highest BCUT2D eigenvalue weighted by Crippen LogP contribution is 2.39. The molecule has 4 aromatic heterocycles. The van der Waals surface area contributed by atoms with E-state index in [1.807, 2.05) is 18.3 Å². The first-order valence-corrected chi connectivity index (χ1v) is 17.3. The van der Waals surface area contributed by atoms with E-state index in [1.54, 1.807) is 0 Å². The molecule has 11 rings (SSSR count). The molecule has 4 heterocycles. The number of furan rings is 1. The second kappa shape index (κ2) is 10.8. The number of benzene rings is 7. The maximum atomic E-state index is 6.06. The lowest BCUT2D eigenvalue weighted by Gasteiger charge is -2.11. The molecule has 0 aliphatic rings. The summed E-state index contributed by atoms with van der Waals surface area (Å²) < 4.78 is 10.8. The zero-order valence-electron chi connectivity index (χ0n) is 27.5. The summed E-state index contributed by atoms with van der Waals surface area (Å²) in [6.45, 7) is 0. The van der Waals surface area contributed by atoms with Crippen LogP contribution < -0.4 is 0 Å². The fraction of sp³-hybridized carbons (Fsp3) is 0. The first-order valence-electron chi connectivity index (χ1n) is 17.3. The molecule has 11 aromatic rings. The number of hydrogen-bond acceptors (Lipinski definition) is 2. The van der Waals surface area contributed by atoms with Crippen LogP contribution in [0.5, 0.6) is 0 Å². The molecule has 0 aliphatic carbocycles. The molecule has 0 saturated heterocycles. The normalized spacial score (nSPS) is 11.9. The van der Waals surface area contributed by atoms with Gasteiger partial charge in [0.15, 0.2) is 5.58 Å². The Morgan fingerprint density at radius 3 is 1.61 bits per heavy atom. The van der Waals surface area contributed by atoms with Gasteiger partial charge >= 0.3 is 0 Å². The summed E-state index contributed by atoms with van der Waals surface area (Å²) in [4.78, 5) is 4.60. The number of aromatic nitrogens is 3. The molecule has 0 N–H and O–H groups in total.